The molecule has 5 rings (SSSR count). The van der Waals surface area contributed by atoms with E-state index < -0.39 is 0 Å². The summed E-state index contributed by atoms with van der Waals surface area (Å²) in [6, 6.07) is 16.8. The molecule has 4 aromatic rings. The average Bonchev–Trinajstić information content (AvgIpc) is 3.34. The zero-order valence-electron chi connectivity index (χ0n) is 18.7. The molecule has 0 radical (unpaired) electrons. The lowest BCUT2D eigenvalue weighted by molar-refractivity contribution is 0.0526. The number of carbonyl (C=O) groups excluding carboxylic acids is 2. The number of nitrogens with one attached hydrogen (secondary N) is 1. The molecule has 2 amide bonds. The minimum Gasteiger partial charge on any atom is -0.462 e. The SMILES string of the molecule is CCOC(=O)c1ccc(NC(=O)N2CCN(c3nc4cc(Br)ccc4n4cccc34)CC2)cc1. The van der Waals surface area contributed by atoms with E-state index in [1.54, 1.807) is 36.1 Å². The molecule has 2 aromatic heterocycles. The monoisotopic (exact) mass is 521 g/mol. The van der Waals surface area contributed by atoms with Crippen molar-refractivity contribution in [1.82, 2.24) is 14.3 Å². The van der Waals surface area contributed by atoms with Crippen LogP contribution in [0.2, 0.25) is 0 Å². The quantitative estimate of drug-likeness (QED) is 0.391. The Hall–Kier alpha value is -3.59. The van der Waals surface area contributed by atoms with Crippen LogP contribution in [-0.2, 0) is 4.74 Å². The van der Waals surface area contributed by atoms with E-state index in [9.17, 15) is 9.59 Å². The zero-order chi connectivity index (χ0) is 23.7. The predicted molar refractivity (Wildman–Crippen MR) is 136 cm³/mol. The second-order valence-electron chi connectivity index (χ2n) is 8.03. The van der Waals surface area contributed by atoms with Gasteiger partial charge < -0.3 is 24.3 Å². The summed E-state index contributed by atoms with van der Waals surface area (Å²) < 4.78 is 8.14. The number of anilines is 2. The molecule has 1 fully saturated rings. The highest BCUT2D eigenvalue weighted by molar-refractivity contribution is 9.10. The van der Waals surface area contributed by atoms with Crippen molar-refractivity contribution in [3.8, 4) is 0 Å². The van der Waals surface area contributed by atoms with Crippen LogP contribution in [0.4, 0.5) is 16.3 Å². The Balaban J connectivity index is 1.26. The molecule has 0 spiro atoms. The Labute approximate surface area is 205 Å². The maximum atomic E-state index is 12.8. The fourth-order valence-electron chi connectivity index (χ4n) is 4.20. The molecule has 0 bridgehead atoms. The second kappa shape index (κ2) is 9.34. The van der Waals surface area contributed by atoms with Crippen LogP contribution in [0.3, 0.4) is 0 Å². The summed E-state index contributed by atoms with van der Waals surface area (Å²) in [7, 11) is 0. The molecule has 3 heterocycles. The Morgan fingerprint density at radius 2 is 1.79 bits per heavy atom. The zero-order valence-corrected chi connectivity index (χ0v) is 20.3. The summed E-state index contributed by atoms with van der Waals surface area (Å²) in [6.07, 6.45) is 2.05. The number of rotatable bonds is 4. The maximum Gasteiger partial charge on any atom is 0.338 e. The van der Waals surface area contributed by atoms with Crippen molar-refractivity contribution in [3.05, 3.63) is 70.8 Å². The number of hydrogen-bond donors (Lipinski definition) is 1. The van der Waals surface area contributed by atoms with Gasteiger partial charge in [-0.25, -0.2) is 14.6 Å². The van der Waals surface area contributed by atoms with Crippen molar-refractivity contribution in [1.29, 1.82) is 0 Å². The van der Waals surface area contributed by atoms with Gasteiger partial charge in [-0.2, -0.15) is 0 Å². The molecule has 8 nitrogen and oxygen atoms in total. The van der Waals surface area contributed by atoms with Gasteiger partial charge in [-0.15, -0.1) is 0 Å². The first kappa shape index (κ1) is 22.2. The van der Waals surface area contributed by atoms with E-state index in [0.29, 0.717) is 44.0 Å². The van der Waals surface area contributed by atoms with Gasteiger partial charge in [0.15, 0.2) is 5.82 Å². The molecule has 1 aliphatic rings. The Kier molecular flexibility index (Phi) is 6.10. The number of esters is 1. The van der Waals surface area contributed by atoms with E-state index in [1.165, 1.54) is 0 Å². The van der Waals surface area contributed by atoms with Crippen molar-refractivity contribution < 1.29 is 14.3 Å². The molecule has 1 saturated heterocycles. The van der Waals surface area contributed by atoms with Crippen molar-refractivity contribution >= 4 is 56.0 Å². The van der Waals surface area contributed by atoms with Gasteiger partial charge in [0, 0.05) is 42.5 Å². The summed E-state index contributed by atoms with van der Waals surface area (Å²) in [5.74, 6) is 0.550. The number of piperazine rings is 1. The standard InChI is InChI=1S/C25H24BrN5O3/c1-2-34-24(32)17-5-8-19(9-6-17)27-25(33)30-14-12-29(13-15-30)23-22-4-3-11-31(22)21-10-7-18(26)16-20(21)28-23/h3-11,16H,2,12-15H2,1H3,(H,27,33). The topological polar surface area (TPSA) is 79.2 Å². The van der Waals surface area contributed by atoms with Gasteiger partial charge in [-0.05, 0) is 61.5 Å². The number of urea groups is 1. The normalized spacial score (nSPS) is 13.9. The van der Waals surface area contributed by atoms with Crippen molar-refractivity contribution in [2.45, 2.75) is 6.92 Å². The van der Waals surface area contributed by atoms with Crippen LogP contribution in [-0.4, -0.2) is 59.1 Å². The lowest BCUT2D eigenvalue weighted by atomic mass is 10.2. The lowest BCUT2D eigenvalue weighted by Crippen LogP contribution is -2.50. The molecule has 0 atom stereocenters. The first-order valence-electron chi connectivity index (χ1n) is 11.2. The third-order valence-corrected chi connectivity index (χ3v) is 6.41. The molecule has 0 saturated carbocycles. The molecule has 0 aliphatic carbocycles. The number of amides is 2. The third-order valence-electron chi connectivity index (χ3n) is 5.91. The van der Waals surface area contributed by atoms with Crippen molar-refractivity contribution in [2.24, 2.45) is 0 Å². The highest BCUT2D eigenvalue weighted by Crippen LogP contribution is 2.28. The fourth-order valence-corrected chi connectivity index (χ4v) is 4.54. The average molecular weight is 522 g/mol. The van der Waals surface area contributed by atoms with Crippen LogP contribution in [0.5, 0.6) is 0 Å². The van der Waals surface area contributed by atoms with Gasteiger partial charge in [0.25, 0.3) is 0 Å². The Bertz CT molecular complexity index is 1360. The summed E-state index contributed by atoms with van der Waals surface area (Å²) in [6.45, 7) is 4.62. The van der Waals surface area contributed by atoms with Gasteiger partial charge in [-0.1, -0.05) is 15.9 Å². The highest BCUT2D eigenvalue weighted by atomic mass is 79.9. The van der Waals surface area contributed by atoms with Gasteiger partial charge in [0.05, 0.1) is 28.7 Å². The first-order chi connectivity index (χ1) is 16.5. The summed E-state index contributed by atoms with van der Waals surface area (Å²) in [4.78, 5) is 33.6. The smallest absolute Gasteiger partial charge is 0.338 e. The number of ether oxygens (including phenoxy) is 1. The van der Waals surface area contributed by atoms with Gasteiger partial charge in [0.1, 0.15) is 0 Å². The molecule has 0 unspecified atom stereocenters. The van der Waals surface area contributed by atoms with Crippen LogP contribution < -0.4 is 10.2 Å². The number of aromatic nitrogens is 2. The van der Waals surface area contributed by atoms with E-state index in [2.05, 4.69) is 42.7 Å². The molecular weight excluding hydrogens is 498 g/mol. The summed E-state index contributed by atoms with van der Waals surface area (Å²) in [5.41, 5.74) is 4.12. The largest absolute Gasteiger partial charge is 0.462 e. The van der Waals surface area contributed by atoms with Crippen molar-refractivity contribution in [3.63, 3.8) is 0 Å². The van der Waals surface area contributed by atoms with E-state index in [4.69, 9.17) is 9.72 Å². The number of nitrogens with zero attached hydrogens (tertiary/aromatic N) is 4. The molecule has 174 valence electrons. The number of fused-ring (bicyclic) bond motifs is 3. The molecule has 9 heteroatoms. The van der Waals surface area contributed by atoms with Crippen LogP contribution in [0, 0.1) is 0 Å². The number of hydrogen-bond acceptors (Lipinski definition) is 5. The van der Waals surface area contributed by atoms with Crippen LogP contribution in [0.15, 0.2) is 65.3 Å². The van der Waals surface area contributed by atoms with E-state index >= 15 is 0 Å². The second-order valence-corrected chi connectivity index (χ2v) is 8.95. The molecule has 34 heavy (non-hydrogen) atoms. The summed E-state index contributed by atoms with van der Waals surface area (Å²) in [5, 5.41) is 2.91. The predicted octanol–water partition coefficient (Wildman–Crippen LogP) is 4.78. The minimum absolute atomic E-state index is 0.160. The van der Waals surface area contributed by atoms with Crippen LogP contribution >= 0.6 is 15.9 Å². The van der Waals surface area contributed by atoms with E-state index in [1.807, 2.05) is 24.4 Å². The van der Waals surface area contributed by atoms with Gasteiger partial charge in [-0.3, -0.25) is 0 Å². The minimum atomic E-state index is -0.372. The number of carbonyl (C=O) groups is 2. The Morgan fingerprint density at radius 1 is 1.03 bits per heavy atom. The molecule has 1 aliphatic heterocycles. The number of benzene rings is 2. The fraction of sp³-hybridized carbons (Fsp3) is 0.240. The van der Waals surface area contributed by atoms with E-state index in [-0.39, 0.29) is 12.0 Å². The summed E-state index contributed by atoms with van der Waals surface area (Å²) >= 11 is 3.54. The Morgan fingerprint density at radius 3 is 2.53 bits per heavy atom. The molecule has 2 aromatic carbocycles. The van der Waals surface area contributed by atoms with Crippen molar-refractivity contribution in [2.75, 3.05) is 43.0 Å². The van der Waals surface area contributed by atoms with Crippen LogP contribution in [0.25, 0.3) is 16.6 Å². The number of halogens is 1. The van der Waals surface area contributed by atoms with Gasteiger partial charge >= 0.3 is 12.0 Å². The lowest BCUT2D eigenvalue weighted by Gasteiger charge is -2.35. The molecule has 1 N–H and O–H groups in total. The maximum absolute atomic E-state index is 12.8. The highest BCUT2D eigenvalue weighted by Gasteiger charge is 2.24. The molecular formula is C25H24BrN5O3. The van der Waals surface area contributed by atoms with E-state index in [0.717, 1.165) is 26.8 Å². The third kappa shape index (κ3) is 4.31. The van der Waals surface area contributed by atoms with Gasteiger partial charge in [0.2, 0.25) is 0 Å². The first-order valence-corrected chi connectivity index (χ1v) is 12.0. The van der Waals surface area contributed by atoms with Crippen LogP contribution in [0.1, 0.15) is 17.3 Å².